The van der Waals surface area contributed by atoms with Gasteiger partial charge in [0, 0.05) is 17.1 Å². The van der Waals surface area contributed by atoms with E-state index in [-0.39, 0.29) is 24.6 Å². The van der Waals surface area contributed by atoms with Crippen LogP contribution in [0.25, 0.3) is 0 Å². The van der Waals surface area contributed by atoms with Gasteiger partial charge in [0.15, 0.2) is 0 Å². The Labute approximate surface area is 113 Å². The summed E-state index contributed by atoms with van der Waals surface area (Å²) in [6, 6.07) is 4.59. The highest BCUT2D eigenvalue weighted by Gasteiger charge is 2.13. The third-order valence-electron chi connectivity index (χ3n) is 2.11. The smallest absolute Gasteiger partial charge is 0.307 e. The van der Waals surface area contributed by atoms with Crippen LogP contribution in [0.4, 0.5) is 11.4 Å². The normalized spacial score (nSPS) is 9.89. The number of anilines is 1. The van der Waals surface area contributed by atoms with E-state index < -0.39 is 4.92 Å². The Hall–Kier alpha value is -1.63. The number of carbonyl (C=O) groups is 1. The lowest BCUT2D eigenvalue weighted by Gasteiger charge is -2.07. The predicted octanol–water partition coefficient (Wildman–Crippen LogP) is 2.72. The van der Waals surface area contributed by atoms with Crippen LogP contribution < -0.4 is 5.32 Å². The van der Waals surface area contributed by atoms with Crippen molar-refractivity contribution in [3.63, 3.8) is 0 Å². The predicted molar refractivity (Wildman–Crippen MR) is 70.5 cm³/mol. The molecule has 0 spiro atoms. The Bertz CT molecular complexity index is 451. The minimum Gasteiger partial charge on any atom is -0.466 e. The summed E-state index contributed by atoms with van der Waals surface area (Å²) < 4.78 is 5.49. The van der Waals surface area contributed by atoms with Gasteiger partial charge in [-0.2, -0.15) is 0 Å². The number of hydrogen-bond donors (Lipinski definition) is 1. The number of nitro groups is 1. The minimum absolute atomic E-state index is 0.0259. The molecule has 0 bridgehead atoms. The van der Waals surface area contributed by atoms with Gasteiger partial charge in [-0.05, 0) is 19.1 Å². The molecule has 0 atom stereocenters. The average molecular weight is 317 g/mol. The monoisotopic (exact) mass is 316 g/mol. The minimum atomic E-state index is -0.473. The number of nitrogens with one attached hydrogen (secondary N) is 1. The Kier molecular flexibility index (Phi) is 5.57. The molecule has 0 aromatic heterocycles. The zero-order valence-electron chi connectivity index (χ0n) is 9.81. The van der Waals surface area contributed by atoms with E-state index in [2.05, 4.69) is 21.2 Å². The molecule has 0 radical (unpaired) electrons. The van der Waals surface area contributed by atoms with Crippen molar-refractivity contribution in [1.82, 2.24) is 0 Å². The van der Waals surface area contributed by atoms with E-state index in [1.165, 1.54) is 6.07 Å². The lowest BCUT2D eigenvalue weighted by molar-refractivity contribution is -0.384. The topological polar surface area (TPSA) is 81.5 Å². The maximum absolute atomic E-state index is 11.1. The largest absolute Gasteiger partial charge is 0.466 e. The highest BCUT2D eigenvalue weighted by Crippen LogP contribution is 2.27. The van der Waals surface area contributed by atoms with Gasteiger partial charge < -0.3 is 10.1 Å². The van der Waals surface area contributed by atoms with Crippen LogP contribution in [0.2, 0.25) is 0 Å². The average Bonchev–Trinajstić information content (AvgIpc) is 2.29. The lowest BCUT2D eigenvalue weighted by atomic mass is 10.2. The molecule has 1 aromatic carbocycles. The van der Waals surface area contributed by atoms with Crippen molar-refractivity contribution in [2.75, 3.05) is 18.5 Å². The lowest BCUT2D eigenvalue weighted by Crippen LogP contribution is -2.12. The molecular formula is C11H13BrN2O4. The molecule has 18 heavy (non-hydrogen) atoms. The fraction of sp³-hybridized carbons (Fsp3) is 0.364. The number of nitrogens with zero attached hydrogens (tertiary/aromatic N) is 1. The molecule has 0 aliphatic rings. The van der Waals surface area contributed by atoms with Gasteiger partial charge in [-0.3, -0.25) is 14.9 Å². The summed E-state index contributed by atoms with van der Waals surface area (Å²) in [6.45, 7) is 2.34. The Morgan fingerprint density at radius 1 is 1.56 bits per heavy atom. The first kappa shape index (κ1) is 14.4. The van der Waals surface area contributed by atoms with Gasteiger partial charge in [-0.25, -0.2) is 0 Å². The van der Waals surface area contributed by atoms with Crippen molar-refractivity contribution < 1.29 is 14.5 Å². The van der Waals surface area contributed by atoms with Crippen molar-refractivity contribution in [1.29, 1.82) is 0 Å². The van der Waals surface area contributed by atoms with Crippen molar-refractivity contribution in [3.8, 4) is 0 Å². The van der Waals surface area contributed by atoms with Gasteiger partial charge >= 0.3 is 5.97 Å². The van der Waals surface area contributed by atoms with E-state index in [9.17, 15) is 14.9 Å². The van der Waals surface area contributed by atoms with E-state index in [1.807, 2.05) is 0 Å². The zero-order chi connectivity index (χ0) is 13.5. The third-order valence-corrected chi connectivity index (χ3v) is 2.60. The maximum atomic E-state index is 11.1. The van der Waals surface area contributed by atoms with E-state index >= 15 is 0 Å². The van der Waals surface area contributed by atoms with E-state index in [1.54, 1.807) is 19.1 Å². The summed E-state index contributed by atoms with van der Waals surface area (Å²) in [5.74, 6) is -0.331. The molecule has 1 rings (SSSR count). The molecule has 0 aliphatic heterocycles. The number of carbonyl (C=O) groups excluding carboxylic acids is 1. The molecular weight excluding hydrogens is 304 g/mol. The third kappa shape index (κ3) is 4.33. The second kappa shape index (κ2) is 6.95. The van der Waals surface area contributed by atoms with Crippen molar-refractivity contribution in [3.05, 3.63) is 32.8 Å². The number of ether oxygens (including phenoxy) is 1. The number of benzene rings is 1. The van der Waals surface area contributed by atoms with E-state index in [0.717, 1.165) is 4.47 Å². The summed E-state index contributed by atoms with van der Waals surface area (Å²) in [5.41, 5.74) is 0.348. The first-order chi connectivity index (χ1) is 8.54. The fourth-order valence-corrected chi connectivity index (χ4v) is 1.70. The summed E-state index contributed by atoms with van der Waals surface area (Å²) in [6.07, 6.45) is 0.164. The second-order valence-electron chi connectivity index (χ2n) is 3.40. The van der Waals surface area contributed by atoms with Crippen LogP contribution in [0, 0.1) is 10.1 Å². The Morgan fingerprint density at radius 2 is 2.28 bits per heavy atom. The van der Waals surface area contributed by atoms with Crippen molar-refractivity contribution in [2.45, 2.75) is 13.3 Å². The number of hydrogen-bond acceptors (Lipinski definition) is 5. The summed E-state index contributed by atoms with van der Waals surface area (Å²) >= 11 is 3.24. The van der Waals surface area contributed by atoms with Gasteiger partial charge in [0.1, 0.15) is 5.69 Å². The zero-order valence-corrected chi connectivity index (χ0v) is 11.4. The first-order valence-corrected chi connectivity index (χ1v) is 6.17. The number of nitro benzene ring substituents is 1. The number of esters is 1. The van der Waals surface area contributed by atoms with Crippen LogP contribution in [0.1, 0.15) is 13.3 Å². The summed E-state index contributed by atoms with van der Waals surface area (Å²) in [7, 11) is 0. The highest BCUT2D eigenvalue weighted by atomic mass is 79.9. The SMILES string of the molecule is CCOC(=O)CCNc1cc(Br)ccc1[N+](=O)[O-]. The molecule has 0 heterocycles. The Morgan fingerprint density at radius 3 is 2.89 bits per heavy atom. The molecule has 0 saturated carbocycles. The van der Waals surface area contributed by atoms with Crippen LogP contribution in [0.3, 0.4) is 0 Å². The van der Waals surface area contributed by atoms with Gasteiger partial charge in [0.2, 0.25) is 0 Å². The maximum Gasteiger partial charge on any atom is 0.307 e. The molecule has 0 saturated heterocycles. The first-order valence-electron chi connectivity index (χ1n) is 5.38. The fourth-order valence-electron chi connectivity index (χ4n) is 1.34. The summed E-state index contributed by atoms with van der Waals surface area (Å²) in [4.78, 5) is 21.4. The van der Waals surface area contributed by atoms with Crippen LogP contribution in [-0.2, 0) is 9.53 Å². The van der Waals surface area contributed by atoms with Crippen molar-refractivity contribution in [2.24, 2.45) is 0 Å². The van der Waals surface area contributed by atoms with Crippen LogP contribution in [0.15, 0.2) is 22.7 Å². The van der Waals surface area contributed by atoms with E-state index in [4.69, 9.17) is 4.74 Å². The molecule has 98 valence electrons. The number of rotatable bonds is 6. The molecule has 0 unspecified atom stereocenters. The molecule has 6 nitrogen and oxygen atoms in total. The molecule has 0 aliphatic carbocycles. The quantitative estimate of drug-likeness (QED) is 0.495. The molecule has 7 heteroatoms. The van der Waals surface area contributed by atoms with Gasteiger partial charge in [-0.15, -0.1) is 0 Å². The van der Waals surface area contributed by atoms with Crippen molar-refractivity contribution >= 4 is 33.3 Å². The van der Waals surface area contributed by atoms with Crippen LogP contribution in [0.5, 0.6) is 0 Å². The summed E-state index contributed by atoms with van der Waals surface area (Å²) in [5, 5.41) is 13.6. The highest BCUT2D eigenvalue weighted by molar-refractivity contribution is 9.10. The second-order valence-corrected chi connectivity index (χ2v) is 4.32. The molecule has 1 aromatic rings. The van der Waals surface area contributed by atoms with Gasteiger partial charge in [-0.1, -0.05) is 15.9 Å². The van der Waals surface area contributed by atoms with Crippen LogP contribution in [-0.4, -0.2) is 24.0 Å². The van der Waals surface area contributed by atoms with E-state index in [0.29, 0.717) is 12.3 Å². The van der Waals surface area contributed by atoms with Gasteiger partial charge in [0.25, 0.3) is 5.69 Å². The molecule has 1 N–H and O–H groups in total. The number of halogens is 1. The Balaban J connectivity index is 2.63. The van der Waals surface area contributed by atoms with Crippen LogP contribution >= 0.6 is 15.9 Å². The van der Waals surface area contributed by atoms with Gasteiger partial charge in [0.05, 0.1) is 18.0 Å². The standard InChI is InChI=1S/C11H13BrN2O4/c1-2-18-11(15)5-6-13-9-7-8(12)3-4-10(9)14(16)17/h3-4,7,13H,2,5-6H2,1H3. The molecule has 0 fully saturated rings. The molecule has 0 amide bonds.